The lowest BCUT2D eigenvalue weighted by Gasteiger charge is -2.30. The Kier molecular flexibility index (Phi) is 5.07. The van der Waals surface area contributed by atoms with Crippen LogP contribution in [0.4, 0.5) is 5.95 Å². The molecule has 7 nitrogen and oxygen atoms in total. The van der Waals surface area contributed by atoms with E-state index in [9.17, 15) is 4.79 Å². The van der Waals surface area contributed by atoms with Gasteiger partial charge in [-0.2, -0.15) is 0 Å². The molecular formula is C25H22N4O3. The van der Waals surface area contributed by atoms with Crippen molar-refractivity contribution in [3.8, 4) is 5.75 Å². The second-order valence-electron chi connectivity index (χ2n) is 7.31. The summed E-state index contributed by atoms with van der Waals surface area (Å²) in [5.41, 5.74) is 4.41. The zero-order valence-electron chi connectivity index (χ0n) is 17.8. The van der Waals surface area contributed by atoms with Crippen molar-refractivity contribution in [2.24, 2.45) is 0 Å². The zero-order valence-corrected chi connectivity index (χ0v) is 17.8. The molecule has 7 heteroatoms. The summed E-state index contributed by atoms with van der Waals surface area (Å²) in [6.45, 7) is 2.07. The van der Waals surface area contributed by atoms with Crippen molar-refractivity contribution in [2.45, 2.75) is 13.0 Å². The Balaban J connectivity index is 1.80. The molecule has 0 unspecified atom stereocenters. The summed E-state index contributed by atoms with van der Waals surface area (Å²) < 4.78 is 12.8. The van der Waals surface area contributed by atoms with E-state index < -0.39 is 12.0 Å². The number of benzene rings is 2. The smallest absolute Gasteiger partial charge is 0.338 e. The highest BCUT2D eigenvalue weighted by molar-refractivity contribution is 6.03. The molecule has 0 saturated heterocycles. The molecule has 0 radical (unpaired) electrons. The predicted octanol–water partition coefficient (Wildman–Crippen LogP) is 4.43. The van der Waals surface area contributed by atoms with Crippen LogP contribution in [0.3, 0.4) is 0 Å². The third-order valence-corrected chi connectivity index (χ3v) is 5.48. The molecule has 4 aromatic rings. The van der Waals surface area contributed by atoms with Gasteiger partial charge in [0.15, 0.2) is 0 Å². The van der Waals surface area contributed by atoms with Crippen LogP contribution in [-0.2, 0) is 9.53 Å². The standard InChI is InChI=1S/C25H22N4O3/c1-3-32-24(30)21-22(16-11-13-17(31-2)14-12-16)28-25-27-18-8-4-5-10-20(18)29(25)23(21)19-9-6-7-15-26-19/h4-15,23H,3H2,1-2H3,(H,27,28)/t23-/m1/s1. The van der Waals surface area contributed by atoms with E-state index in [4.69, 9.17) is 14.5 Å². The highest BCUT2D eigenvalue weighted by atomic mass is 16.5. The van der Waals surface area contributed by atoms with Crippen LogP contribution in [0.5, 0.6) is 5.75 Å². The van der Waals surface area contributed by atoms with E-state index in [2.05, 4.69) is 10.3 Å². The summed E-state index contributed by atoms with van der Waals surface area (Å²) in [5.74, 6) is 0.974. The number of fused-ring (bicyclic) bond motifs is 3. The Morgan fingerprint density at radius 1 is 1.06 bits per heavy atom. The average molecular weight is 426 g/mol. The number of carbonyl (C=O) groups is 1. The number of esters is 1. The van der Waals surface area contributed by atoms with Crippen LogP contribution < -0.4 is 10.1 Å². The number of carbonyl (C=O) groups excluding carboxylic acids is 1. The lowest BCUT2D eigenvalue weighted by molar-refractivity contribution is -0.138. The monoisotopic (exact) mass is 426 g/mol. The molecule has 0 fully saturated rings. The van der Waals surface area contributed by atoms with Crippen molar-refractivity contribution in [1.29, 1.82) is 0 Å². The number of hydrogen-bond donors (Lipinski definition) is 1. The minimum atomic E-state index is -0.504. The molecule has 32 heavy (non-hydrogen) atoms. The van der Waals surface area contributed by atoms with Crippen LogP contribution in [0.1, 0.15) is 24.2 Å². The van der Waals surface area contributed by atoms with Crippen LogP contribution in [0.15, 0.2) is 78.5 Å². The summed E-state index contributed by atoms with van der Waals surface area (Å²) in [7, 11) is 1.62. The molecule has 1 aliphatic heterocycles. The first-order chi connectivity index (χ1) is 15.7. The van der Waals surface area contributed by atoms with Crippen molar-refractivity contribution >= 4 is 28.6 Å². The number of pyridine rings is 1. The third-order valence-electron chi connectivity index (χ3n) is 5.48. The fourth-order valence-electron chi connectivity index (χ4n) is 4.06. The number of hydrogen-bond acceptors (Lipinski definition) is 6. The number of aromatic nitrogens is 3. The lowest BCUT2D eigenvalue weighted by atomic mass is 9.95. The van der Waals surface area contributed by atoms with Gasteiger partial charge in [-0.05, 0) is 61.0 Å². The van der Waals surface area contributed by atoms with Gasteiger partial charge >= 0.3 is 5.97 Å². The molecule has 1 atom stereocenters. The number of anilines is 1. The van der Waals surface area contributed by atoms with Crippen LogP contribution in [-0.4, -0.2) is 34.2 Å². The number of para-hydroxylation sites is 2. The molecule has 1 aliphatic rings. The van der Waals surface area contributed by atoms with E-state index >= 15 is 0 Å². The number of methoxy groups -OCH3 is 1. The van der Waals surface area contributed by atoms with Crippen molar-refractivity contribution in [3.63, 3.8) is 0 Å². The predicted molar refractivity (Wildman–Crippen MR) is 122 cm³/mol. The second-order valence-corrected chi connectivity index (χ2v) is 7.31. The van der Waals surface area contributed by atoms with Gasteiger partial charge in [0.05, 0.1) is 41.7 Å². The first-order valence-electron chi connectivity index (χ1n) is 10.4. The van der Waals surface area contributed by atoms with Gasteiger partial charge in [-0.25, -0.2) is 9.78 Å². The van der Waals surface area contributed by atoms with Crippen molar-refractivity contribution < 1.29 is 14.3 Å². The first kappa shape index (κ1) is 19.8. The summed E-state index contributed by atoms with van der Waals surface area (Å²) in [6, 6.07) is 20.6. The molecule has 0 saturated carbocycles. The highest BCUT2D eigenvalue weighted by Crippen LogP contribution is 2.41. The minimum absolute atomic E-state index is 0.269. The molecule has 0 amide bonds. The fourth-order valence-corrected chi connectivity index (χ4v) is 4.06. The van der Waals surface area contributed by atoms with E-state index in [1.807, 2.05) is 71.3 Å². The largest absolute Gasteiger partial charge is 0.497 e. The summed E-state index contributed by atoms with van der Waals surface area (Å²) >= 11 is 0. The molecular weight excluding hydrogens is 404 g/mol. The average Bonchev–Trinajstić information content (AvgIpc) is 3.22. The summed E-state index contributed by atoms with van der Waals surface area (Å²) in [5, 5.41) is 3.39. The maximum atomic E-state index is 13.4. The Hall–Kier alpha value is -4.13. The first-order valence-corrected chi connectivity index (χ1v) is 10.4. The van der Waals surface area contributed by atoms with Crippen molar-refractivity contribution in [1.82, 2.24) is 14.5 Å². The minimum Gasteiger partial charge on any atom is -0.497 e. The number of nitrogens with one attached hydrogen (secondary N) is 1. The van der Waals surface area contributed by atoms with E-state index in [1.54, 1.807) is 20.2 Å². The lowest BCUT2D eigenvalue weighted by Crippen LogP contribution is -2.29. The summed E-state index contributed by atoms with van der Waals surface area (Å²) in [4.78, 5) is 22.7. The van der Waals surface area contributed by atoms with Gasteiger partial charge in [0.25, 0.3) is 0 Å². The Bertz CT molecular complexity index is 1310. The molecule has 0 aliphatic carbocycles. The van der Waals surface area contributed by atoms with E-state index in [-0.39, 0.29) is 6.61 Å². The van der Waals surface area contributed by atoms with Gasteiger partial charge in [0.2, 0.25) is 5.95 Å². The molecule has 0 bridgehead atoms. The number of nitrogens with zero attached hydrogens (tertiary/aromatic N) is 3. The van der Waals surface area contributed by atoms with Crippen molar-refractivity contribution in [3.05, 3.63) is 89.8 Å². The third kappa shape index (κ3) is 3.28. The second kappa shape index (κ2) is 8.19. The Morgan fingerprint density at radius 3 is 2.56 bits per heavy atom. The van der Waals surface area contributed by atoms with Crippen molar-refractivity contribution in [2.75, 3.05) is 19.0 Å². The molecule has 3 heterocycles. The van der Waals surface area contributed by atoms with Gasteiger partial charge < -0.3 is 14.8 Å². The van der Waals surface area contributed by atoms with E-state index in [1.165, 1.54) is 0 Å². The van der Waals surface area contributed by atoms with Crippen LogP contribution in [0.2, 0.25) is 0 Å². The number of rotatable bonds is 5. The number of imidazole rings is 1. The van der Waals surface area contributed by atoms with Gasteiger partial charge in [-0.15, -0.1) is 0 Å². The molecule has 1 N–H and O–H groups in total. The SMILES string of the molecule is CCOC(=O)C1=C(c2ccc(OC)cc2)Nc2nc3ccccc3n2[C@@H]1c1ccccn1. The molecule has 2 aromatic heterocycles. The van der Waals surface area contributed by atoms with Crippen LogP contribution in [0, 0.1) is 0 Å². The zero-order chi connectivity index (χ0) is 22.1. The van der Waals surface area contributed by atoms with Gasteiger partial charge in [-0.3, -0.25) is 9.55 Å². The maximum Gasteiger partial charge on any atom is 0.338 e. The normalized spacial score (nSPS) is 15.2. The molecule has 0 spiro atoms. The Morgan fingerprint density at radius 2 is 1.84 bits per heavy atom. The topological polar surface area (TPSA) is 78.3 Å². The quantitative estimate of drug-likeness (QED) is 0.476. The van der Waals surface area contributed by atoms with Crippen LogP contribution >= 0.6 is 0 Å². The van der Waals surface area contributed by atoms with Crippen LogP contribution in [0.25, 0.3) is 16.7 Å². The maximum absolute atomic E-state index is 13.4. The number of ether oxygens (including phenoxy) is 2. The molecule has 2 aromatic carbocycles. The molecule has 5 rings (SSSR count). The molecule has 160 valence electrons. The van der Waals surface area contributed by atoms with Gasteiger partial charge in [0, 0.05) is 6.20 Å². The summed E-state index contributed by atoms with van der Waals surface area (Å²) in [6.07, 6.45) is 1.73. The van der Waals surface area contributed by atoms with Gasteiger partial charge in [0.1, 0.15) is 11.8 Å². The van der Waals surface area contributed by atoms with Gasteiger partial charge in [-0.1, -0.05) is 18.2 Å². The van der Waals surface area contributed by atoms with E-state index in [0.717, 1.165) is 28.0 Å². The Labute approximate surface area is 185 Å². The van der Waals surface area contributed by atoms with E-state index in [0.29, 0.717) is 17.2 Å². The highest BCUT2D eigenvalue weighted by Gasteiger charge is 2.37. The fraction of sp³-hybridized carbons (Fsp3) is 0.160.